The van der Waals surface area contributed by atoms with E-state index in [-0.39, 0.29) is 0 Å². The number of nitrogens with zero attached hydrogens (tertiary/aromatic N) is 1. The minimum Gasteiger partial charge on any atom is -0.317 e. The molecule has 20 heavy (non-hydrogen) atoms. The Bertz CT molecular complexity index is 534. The molecular formula is C13H22ClN3O2S. The monoisotopic (exact) mass is 319 g/mol. The second-order valence-electron chi connectivity index (χ2n) is 4.62. The summed E-state index contributed by atoms with van der Waals surface area (Å²) >= 11 is 6.00. The van der Waals surface area contributed by atoms with Crippen molar-refractivity contribution in [3.05, 3.63) is 28.8 Å². The van der Waals surface area contributed by atoms with Crippen LogP contribution >= 0.6 is 11.6 Å². The van der Waals surface area contributed by atoms with Gasteiger partial charge in [-0.3, -0.25) is 4.72 Å². The third-order valence-corrected chi connectivity index (χ3v) is 4.66. The van der Waals surface area contributed by atoms with Gasteiger partial charge in [-0.15, -0.1) is 0 Å². The molecule has 7 heteroatoms. The summed E-state index contributed by atoms with van der Waals surface area (Å²) in [5.74, 6) is 0. The zero-order chi connectivity index (χ0) is 15.2. The number of hydrogen-bond donors (Lipinski definition) is 2. The number of rotatable bonds is 8. The number of aryl methyl sites for hydroxylation is 1. The van der Waals surface area contributed by atoms with Gasteiger partial charge >= 0.3 is 10.2 Å². The van der Waals surface area contributed by atoms with E-state index in [0.717, 1.165) is 25.1 Å². The number of benzene rings is 1. The van der Waals surface area contributed by atoms with Gasteiger partial charge in [-0.2, -0.15) is 12.7 Å². The van der Waals surface area contributed by atoms with Crippen molar-refractivity contribution in [1.82, 2.24) is 9.62 Å². The second-order valence-corrected chi connectivity index (χ2v) is 6.80. The van der Waals surface area contributed by atoms with E-state index in [9.17, 15) is 8.42 Å². The quantitative estimate of drug-likeness (QED) is 0.722. The van der Waals surface area contributed by atoms with Crippen molar-refractivity contribution in [3.63, 3.8) is 0 Å². The van der Waals surface area contributed by atoms with E-state index in [1.807, 2.05) is 19.9 Å². The van der Waals surface area contributed by atoms with E-state index in [2.05, 4.69) is 10.0 Å². The fraction of sp³-hybridized carbons (Fsp3) is 0.538. The van der Waals surface area contributed by atoms with Gasteiger partial charge in [0.1, 0.15) is 0 Å². The zero-order valence-corrected chi connectivity index (χ0v) is 13.7. The molecule has 114 valence electrons. The summed E-state index contributed by atoms with van der Waals surface area (Å²) in [4.78, 5) is 0. The number of halogens is 1. The molecule has 0 radical (unpaired) electrons. The normalized spacial score (nSPS) is 11.8. The summed E-state index contributed by atoms with van der Waals surface area (Å²) < 4.78 is 28.1. The summed E-state index contributed by atoms with van der Waals surface area (Å²) in [6.45, 7) is 6.02. The molecule has 1 aromatic rings. The molecule has 0 aliphatic carbocycles. The first-order valence-corrected chi connectivity index (χ1v) is 8.39. The van der Waals surface area contributed by atoms with Gasteiger partial charge in [0.25, 0.3) is 0 Å². The SMILES string of the molecule is CCNCCCN(C)S(=O)(=O)Nc1cc(C)ccc1Cl. The average Bonchev–Trinajstić information content (AvgIpc) is 2.38. The molecule has 0 aliphatic heterocycles. The average molecular weight is 320 g/mol. The van der Waals surface area contributed by atoms with E-state index in [0.29, 0.717) is 17.3 Å². The van der Waals surface area contributed by atoms with Gasteiger partial charge in [-0.1, -0.05) is 24.6 Å². The van der Waals surface area contributed by atoms with Crippen molar-refractivity contribution >= 4 is 27.5 Å². The second kappa shape index (κ2) is 7.83. The van der Waals surface area contributed by atoms with E-state index in [1.165, 1.54) is 4.31 Å². The van der Waals surface area contributed by atoms with Crippen molar-refractivity contribution in [2.75, 3.05) is 31.4 Å². The molecule has 0 atom stereocenters. The Balaban J connectivity index is 2.66. The first kappa shape index (κ1) is 17.2. The highest BCUT2D eigenvalue weighted by atomic mass is 35.5. The lowest BCUT2D eigenvalue weighted by molar-refractivity contribution is 0.459. The van der Waals surface area contributed by atoms with Crippen LogP contribution in [0.1, 0.15) is 18.9 Å². The minimum atomic E-state index is -3.57. The minimum absolute atomic E-state index is 0.389. The van der Waals surface area contributed by atoms with Gasteiger partial charge in [-0.25, -0.2) is 0 Å². The molecule has 0 saturated heterocycles. The summed E-state index contributed by atoms with van der Waals surface area (Å²) in [7, 11) is -2.02. The van der Waals surface area contributed by atoms with Gasteiger partial charge in [0, 0.05) is 13.6 Å². The molecule has 0 unspecified atom stereocenters. The predicted octanol–water partition coefficient (Wildman–Crippen LogP) is 2.24. The van der Waals surface area contributed by atoms with E-state index >= 15 is 0 Å². The van der Waals surface area contributed by atoms with Crippen LogP contribution in [0.5, 0.6) is 0 Å². The Labute approximate surface area is 126 Å². The smallest absolute Gasteiger partial charge is 0.301 e. The maximum Gasteiger partial charge on any atom is 0.301 e. The highest BCUT2D eigenvalue weighted by Gasteiger charge is 2.18. The lowest BCUT2D eigenvalue weighted by atomic mass is 10.2. The van der Waals surface area contributed by atoms with Crippen LogP contribution in [-0.4, -0.2) is 39.4 Å². The molecule has 0 aromatic heterocycles. The van der Waals surface area contributed by atoms with Crippen LogP contribution in [0.2, 0.25) is 5.02 Å². The van der Waals surface area contributed by atoms with Crippen molar-refractivity contribution in [2.24, 2.45) is 0 Å². The largest absolute Gasteiger partial charge is 0.317 e. The van der Waals surface area contributed by atoms with Gasteiger partial charge in [0.05, 0.1) is 10.7 Å². The zero-order valence-electron chi connectivity index (χ0n) is 12.1. The highest BCUT2D eigenvalue weighted by Crippen LogP contribution is 2.24. The predicted molar refractivity (Wildman–Crippen MR) is 84.5 cm³/mol. The van der Waals surface area contributed by atoms with Gasteiger partial charge in [0.15, 0.2) is 0 Å². The Morgan fingerprint density at radius 1 is 1.35 bits per heavy atom. The Morgan fingerprint density at radius 3 is 2.70 bits per heavy atom. The molecule has 0 bridgehead atoms. The van der Waals surface area contributed by atoms with Crippen LogP contribution in [0.3, 0.4) is 0 Å². The summed E-state index contributed by atoms with van der Waals surface area (Å²) in [5, 5.41) is 3.55. The molecule has 0 fully saturated rings. The van der Waals surface area contributed by atoms with E-state index in [4.69, 9.17) is 11.6 Å². The molecule has 1 aromatic carbocycles. The molecule has 0 aliphatic rings. The lowest BCUT2D eigenvalue weighted by Gasteiger charge is -2.19. The van der Waals surface area contributed by atoms with Crippen LogP contribution in [-0.2, 0) is 10.2 Å². The summed E-state index contributed by atoms with van der Waals surface area (Å²) in [5.41, 5.74) is 1.35. The van der Waals surface area contributed by atoms with E-state index < -0.39 is 10.2 Å². The third-order valence-electron chi connectivity index (χ3n) is 2.85. The Kier molecular flexibility index (Phi) is 6.75. The fourth-order valence-corrected chi connectivity index (χ4v) is 2.85. The number of hydrogen-bond acceptors (Lipinski definition) is 3. The van der Waals surface area contributed by atoms with Crippen LogP contribution < -0.4 is 10.0 Å². The maximum absolute atomic E-state index is 12.2. The van der Waals surface area contributed by atoms with Crippen LogP contribution in [0, 0.1) is 6.92 Å². The Hall–Kier alpha value is -0.820. The molecule has 2 N–H and O–H groups in total. The first-order valence-electron chi connectivity index (χ1n) is 6.57. The molecule has 0 heterocycles. The lowest BCUT2D eigenvalue weighted by Crippen LogP contribution is -2.34. The van der Waals surface area contributed by atoms with Crippen molar-refractivity contribution < 1.29 is 8.42 Å². The van der Waals surface area contributed by atoms with Gasteiger partial charge in [0.2, 0.25) is 0 Å². The molecule has 1 rings (SSSR count). The van der Waals surface area contributed by atoms with Crippen LogP contribution in [0.15, 0.2) is 18.2 Å². The first-order chi connectivity index (χ1) is 9.36. The van der Waals surface area contributed by atoms with Crippen LogP contribution in [0.4, 0.5) is 5.69 Å². The molecule has 5 nitrogen and oxygen atoms in total. The van der Waals surface area contributed by atoms with Crippen molar-refractivity contribution in [3.8, 4) is 0 Å². The topological polar surface area (TPSA) is 61.4 Å². The van der Waals surface area contributed by atoms with Crippen molar-refractivity contribution in [1.29, 1.82) is 0 Å². The molecular weight excluding hydrogens is 298 g/mol. The highest BCUT2D eigenvalue weighted by molar-refractivity contribution is 7.90. The molecule has 0 amide bonds. The van der Waals surface area contributed by atoms with Crippen molar-refractivity contribution in [2.45, 2.75) is 20.3 Å². The molecule has 0 spiro atoms. The third kappa shape index (κ3) is 5.28. The van der Waals surface area contributed by atoms with Gasteiger partial charge in [-0.05, 0) is 44.1 Å². The standard InChI is InChI=1S/C13H22ClN3O2S/c1-4-15-8-5-9-17(3)20(18,19)16-13-10-11(2)6-7-12(13)14/h6-7,10,15-16H,4-5,8-9H2,1-3H3. The number of anilines is 1. The summed E-state index contributed by atoms with van der Waals surface area (Å²) in [6.07, 6.45) is 0.757. The van der Waals surface area contributed by atoms with E-state index in [1.54, 1.807) is 19.2 Å². The Morgan fingerprint density at radius 2 is 2.05 bits per heavy atom. The van der Waals surface area contributed by atoms with Crippen LogP contribution in [0.25, 0.3) is 0 Å². The number of nitrogens with one attached hydrogen (secondary N) is 2. The maximum atomic E-state index is 12.2. The van der Waals surface area contributed by atoms with Gasteiger partial charge < -0.3 is 5.32 Å². The fourth-order valence-electron chi connectivity index (χ4n) is 1.66. The molecule has 0 saturated carbocycles. The summed E-state index contributed by atoms with van der Waals surface area (Å²) in [6, 6.07) is 5.23.